The van der Waals surface area contributed by atoms with Gasteiger partial charge in [-0.2, -0.15) is 0 Å². The Hall–Kier alpha value is -0.770. The molecule has 2 unspecified atom stereocenters. The van der Waals surface area contributed by atoms with Crippen LogP contribution >= 0.6 is 11.6 Å². The summed E-state index contributed by atoms with van der Waals surface area (Å²) in [4.78, 5) is 0. The summed E-state index contributed by atoms with van der Waals surface area (Å²) in [6, 6.07) is 1.90. The second kappa shape index (κ2) is 7.13. The molecule has 0 radical (unpaired) electrons. The van der Waals surface area contributed by atoms with Crippen LogP contribution in [0.4, 0.5) is 0 Å². The van der Waals surface area contributed by atoms with E-state index < -0.39 is 12.2 Å². The molecule has 0 aliphatic heterocycles. The number of rotatable bonds is 6. The van der Waals surface area contributed by atoms with Gasteiger partial charge in [0.25, 0.3) is 0 Å². The molecule has 0 fully saturated rings. The lowest BCUT2D eigenvalue weighted by Gasteiger charge is -2.19. The minimum atomic E-state index is -0.729. The first kappa shape index (κ1) is 16.3. The van der Waals surface area contributed by atoms with Crippen molar-refractivity contribution in [3.05, 3.63) is 27.8 Å². The third-order valence-electron chi connectivity index (χ3n) is 3.32. The number of hydrogen-bond acceptors (Lipinski definition) is 3. The molecule has 1 aromatic carbocycles. The van der Waals surface area contributed by atoms with Crippen molar-refractivity contribution in [1.29, 1.82) is 0 Å². The van der Waals surface area contributed by atoms with Crippen LogP contribution in [0.15, 0.2) is 6.07 Å². The summed E-state index contributed by atoms with van der Waals surface area (Å²) in [6.45, 7) is 8.04. The van der Waals surface area contributed by atoms with Gasteiger partial charge in [-0.25, -0.2) is 0 Å². The van der Waals surface area contributed by atoms with Crippen molar-refractivity contribution in [1.82, 2.24) is 0 Å². The summed E-state index contributed by atoms with van der Waals surface area (Å²) in [6.07, 6.45) is -0.336. The van der Waals surface area contributed by atoms with Crippen LogP contribution < -0.4 is 4.74 Å². The Labute approximate surface area is 120 Å². The molecular weight excluding hydrogens is 264 g/mol. The van der Waals surface area contributed by atoms with Crippen LogP contribution in [-0.4, -0.2) is 29.0 Å². The Morgan fingerprint density at radius 2 is 1.95 bits per heavy atom. The van der Waals surface area contributed by atoms with Crippen LogP contribution in [0.5, 0.6) is 5.75 Å². The van der Waals surface area contributed by atoms with Gasteiger partial charge in [0.15, 0.2) is 0 Å². The standard InChI is InChI=1S/C15H23ClO3/c1-5-19-15-9(2)8-13(16)10(3)12(15)6-7-14(18)11(4)17/h8,11,14,17-18H,5-7H2,1-4H3. The van der Waals surface area contributed by atoms with Gasteiger partial charge in [0, 0.05) is 5.02 Å². The minimum Gasteiger partial charge on any atom is -0.493 e. The highest BCUT2D eigenvalue weighted by Crippen LogP contribution is 2.33. The number of hydrogen-bond donors (Lipinski definition) is 2. The number of benzene rings is 1. The average Bonchev–Trinajstić information content (AvgIpc) is 2.35. The Morgan fingerprint density at radius 1 is 1.32 bits per heavy atom. The van der Waals surface area contributed by atoms with E-state index in [-0.39, 0.29) is 0 Å². The predicted octanol–water partition coefficient (Wildman–Crippen LogP) is 3.03. The first-order chi connectivity index (χ1) is 8.88. The third kappa shape index (κ3) is 4.10. The van der Waals surface area contributed by atoms with Crippen molar-refractivity contribution in [3.63, 3.8) is 0 Å². The SMILES string of the molecule is CCOc1c(C)cc(Cl)c(C)c1CCC(O)C(C)O. The Kier molecular flexibility index (Phi) is 6.11. The quantitative estimate of drug-likeness (QED) is 0.845. The highest BCUT2D eigenvalue weighted by atomic mass is 35.5. The fraction of sp³-hybridized carbons (Fsp3) is 0.600. The normalized spacial score (nSPS) is 14.3. The number of aryl methyl sites for hydroxylation is 1. The molecular formula is C15H23ClO3. The van der Waals surface area contributed by atoms with Crippen LogP contribution in [0.25, 0.3) is 0 Å². The van der Waals surface area contributed by atoms with Crippen molar-refractivity contribution >= 4 is 11.6 Å². The van der Waals surface area contributed by atoms with E-state index in [1.165, 1.54) is 0 Å². The molecule has 0 aliphatic carbocycles. The lowest BCUT2D eigenvalue weighted by molar-refractivity contribution is 0.0264. The van der Waals surface area contributed by atoms with Crippen LogP contribution in [0.1, 0.15) is 37.0 Å². The first-order valence-corrected chi connectivity index (χ1v) is 7.03. The number of aliphatic hydroxyl groups excluding tert-OH is 2. The Morgan fingerprint density at radius 3 is 2.47 bits per heavy atom. The second-order valence-corrected chi connectivity index (χ2v) is 5.29. The maximum atomic E-state index is 9.71. The zero-order valence-corrected chi connectivity index (χ0v) is 12.8. The van der Waals surface area contributed by atoms with E-state index in [9.17, 15) is 10.2 Å². The molecule has 0 saturated heterocycles. The Bertz CT molecular complexity index is 430. The summed E-state index contributed by atoms with van der Waals surface area (Å²) < 4.78 is 5.69. The maximum Gasteiger partial charge on any atom is 0.125 e. The molecule has 0 amide bonds. The molecule has 4 heteroatoms. The van der Waals surface area contributed by atoms with Gasteiger partial charge in [-0.05, 0) is 63.3 Å². The second-order valence-electron chi connectivity index (χ2n) is 4.89. The monoisotopic (exact) mass is 286 g/mol. The van der Waals surface area contributed by atoms with Gasteiger partial charge in [-0.15, -0.1) is 0 Å². The van der Waals surface area contributed by atoms with Gasteiger partial charge in [-0.1, -0.05) is 11.6 Å². The number of halogens is 1. The summed E-state index contributed by atoms with van der Waals surface area (Å²) in [5, 5.41) is 19.8. The first-order valence-electron chi connectivity index (χ1n) is 6.66. The summed E-state index contributed by atoms with van der Waals surface area (Å²) in [5.41, 5.74) is 3.00. The molecule has 0 spiro atoms. The van der Waals surface area contributed by atoms with E-state index in [0.717, 1.165) is 22.4 Å². The van der Waals surface area contributed by atoms with Gasteiger partial charge in [-0.3, -0.25) is 0 Å². The fourth-order valence-corrected chi connectivity index (χ4v) is 2.37. The molecule has 1 aromatic rings. The van der Waals surface area contributed by atoms with E-state index in [1.807, 2.05) is 26.8 Å². The van der Waals surface area contributed by atoms with Crippen LogP contribution in [0.2, 0.25) is 5.02 Å². The Balaban J connectivity index is 3.02. The minimum absolute atomic E-state index is 0.484. The maximum absolute atomic E-state index is 9.71. The van der Waals surface area contributed by atoms with Crippen LogP contribution in [-0.2, 0) is 6.42 Å². The van der Waals surface area contributed by atoms with Gasteiger partial charge in [0.05, 0.1) is 18.8 Å². The van der Waals surface area contributed by atoms with Gasteiger partial charge < -0.3 is 14.9 Å². The lowest BCUT2D eigenvalue weighted by Crippen LogP contribution is -2.23. The van der Waals surface area contributed by atoms with E-state index in [4.69, 9.17) is 16.3 Å². The molecule has 0 bridgehead atoms. The van der Waals surface area contributed by atoms with Crippen LogP contribution in [0.3, 0.4) is 0 Å². The predicted molar refractivity (Wildman–Crippen MR) is 78.1 cm³/mol. The number of ether oxygens (including phenoxy) is 1. The molecule has 19 heavy (non-hydrogen) atoms. The van der Waals surface area contributed by atoms with Crippen molar-refractivity contribution in [2.45, 2.75) is 52.7 Å². The zero-order chi connectivity index (χ0) is 14.6. The molecule has 1 rings (SSSR count). The largest absolute Gasteiger partial charge is 0.493 e. The van der Waals surface area contributed by atoms with Crippen molar-refractivity contribution < 1.29 is 14.9 Å². The average molecular weight is 287 g/mol. The molecule has 2 N–H and O–H groups in total. The smallest absolute Gasteiger partial charge is 0.125 e. The number of aliphatic hydroxyl groups is 2. The molecule has 0 saturated carbocycles. The molecule has 0 aromatic heterocycles. The summed E-state index contributed by atoms with van der Waals surface area (Å²) in [5.74, 6) is 0.849. The highest BCUT2D eigenvalue weighted by Gasteiger charge is 2.17. The van der Waals surface area contributed by atoms with Gasteiger partial charge in [0.2, 0.25) is 0 Å². The molecule has 2 atom stereocenters. The fourth-order valence-electron chi connectivity index (χ4n) is 2.10. The van der Waals surface area contributed by atoms with Crippen molar-refractivity contribution in [2.24, 2.45) is 0 Å². The summed E-state index contributed by atoms with van der Waals surface area (Å²) in [7, 11) is 0. The lowest BCUT2D eigenvalue weighted by atomic mass is 9.97. The van der Waals surface area contributed by atoms with Crippen LogP contribution in [0, 0.1) is 13.8 Å². The molecule has 0 aliphatic rings. The topological polar surface area (TPSA) is 49.7 Å². The van der Waals surface area contributed by atoms with Crippen molar-refractivity contribution in [3.8, 4) is 5.75 Å². The molecule has 3 nitrogen and oxygen atoms in total. The summed E-state index contributed by atoms with van der Waals surface area (Å²) >= 11 is 6.20. The van der Waals surface area contributed by atoms with E-state index in [2.05, 4.69) is 0 Å². The molecule has 108 valence electrons. The zero-order valence-electron chi connectivity index (χ0n) is 12.0. The van der Waals surface area contributed by atoms with E-state index in [1.54, 1.807) is 6.92 Å². The molecule has 0 heterocycles. The van der Waals surface area contributed by atoms with Gasteiger partial charge >= 0.3 is 0 Å². The van der Waals surface area contributed by atoms with E-state index >= 15 is 0 Å². The van der Waals surface area contributed by atoms with Crippen molar-refractivity contribution in [2.75, 3.05) is 6.61 Å². The highest BCUT2D eigenvalue weighted by molar-refractivity contribution is 6.31. The third-order valence-corrected chi connectivity index (χ3v) is 3.71. The van der Waals surface area contributed by atoms with E-state index in [0.29, 0.717) is 24.5 Å². The van der Waals surface area contributed by atoms with Gasteiger partial charge in [0.1, 0.15) is 5.75 Å².